The van der Waals surface area contributed by atoms with Crippen molar-refractivity contribution in [2.45, 2.75) is 25.4 Å². The molecule has 0 bridgehead atoms. The molecule has 0 spiro atoms. The van der Waals surface area contributed by atoms with Crippen LogP contribution in [0.2, 0.25) is 5.02 Å². The second-order valence-corrected chi connectivity index (χ2v) is 8.52. The van der Waals surface area contributed by atoms with Crippen LogP contribution in [0.15, 0.2) is 54.0 Å². The summed E-state index contributed by atoms with van der Waals surface area (Å²) in [6.07, 6.45) is 8.16. The molecule has 1 N–H and O–H groups in total. The Bertz CT molecular complexity index is 1640. The van der Waals surface area contributed by atoms with Crippen LogP contribution in [0.1, 0.15) is 36.0 Å². The molecule has 0 aliphatic carbocycles. The van der Waals surface area contributed by atoms with Crippen LogP contribution in [0.5, 0.6) is 0 Å². The number of aromatic amines is 1. The topological polar surface area (TPSA) is 121 Å². The zero-order valence-electron chi connectivity index (χ0n) is 18.4. The maximum atomic E-state index is 13.6. The number of H-pyrrole nitrogens is 1. The lowest BCUT2D eigenvalue weighted by atomic mass is 10.1. The summed E-state index contributed by atoms with van der Waals surface area (Å²) in [7, 11) is 0. The summed E-state index contributed by atoms with van der Waals surface area (Å²) in [4.78, 5) is 32.0. The van der Waals surface area contributed by atoms with Crippen molar-refractivity contribution >= 4 is 47.5 Å². The molecule has 1 aliphatic rings. The Labute approximate surface area is 211 Å². The first-order chi connectivity index (χ1) is 16.7. The number of nitrogens with zero attached hydrogens (tertiary/aromatic N) is 8. The molecule has 1 atom stereocenters. The predicted molar refractivity (Wildman–Crippen MR) is 136 cm³/mol. The van der Waals surface area contributed by atoms with Gasteiger partial charge in [-0.05, 0) is 31.0 Å². The fourth-order valence-corrected chi connectivity index (χ4v) is 4.90. The van der Waals surface area contributed by atoms with E-state index >= 15 is 0 Å². The average molecular weight is 506 g/mol. The molecule has 5 aromatic rings. The molecule has 10 nitrogen and oxygen atoms in total. The van der Waals surface area contributed by atoms with Gasteiger partial charge in [0.15, 0.2) is 5.82 Å². The summed E-state index contributed by atoms with van der Waals surface area (Å²) in [5.41, 5.74) is 1.91. The largest absolute Gasteiger partial charge is 0.346 e. The molecule has 0 radical (unpaired) electrons. The molecule has 0 aromatic carbocycles. The van der Waals surface area contributed by atoms with Crippen LogP contribution in [0, 0.1) is 11.3 Å². The maximum absolute atomic E-state index is 13.6. The third kappa shape index (κ3) is 3.71. The number of hydrogen-bond donors (Lipinski definition) is 1. The van der Waals surface area contributed by atoms with Crippen LogP contribution in [0.25, 0.3) is 16.6 Å². The number of aromatic nitrogens is 7. The number of anilines is 1. The number of halogens is 1. The number of hydrogen-bond acceptors (Lipinski definition) is 7. The van der Waals surface area contributed by atoms with Gasteiger partial charge in [0.2, 0.25) is 0 Å². The van der Waals surface area contributed by atoms with Gasteiger partial charge in [-0.2, -0.15) is 23.9 Å². The lowest BCUT2D eigenvalue weighted by Gasteiger charge is -2.27. The third-order valence-corrected chi connectivity index (χ3v) is 6.50. The van der Waals surface area contributed by atoms with Crippen molar-refractivity contribution < 1.29 is 0 Å². The molecule has 12 heteroatoms. The number of pyridine rings is 1. The van der Waals surface area contributed by atoms with Crippen molar-refractivity contribution in [2.75, 3.05) is 11.4 Å². The summed E-state index contributed by atoms with van der Waals surface area (Å²) >= 11 is 6.32. The van der Waals surface area contributed by atoms with Crippen LogP contribution >= 0.6 is 25.1 Å². The minimum atomic E-state index is -0.235. The molecule has 5 aromatic heterocycles. The van der Waals surface area contributed by atoms with Crippen molar-refractivity contribution in [3.8, 4) is 6.07 Å². The number of fused-ring (bicyclic) bond motifs is 2. The van der Waals surface area contributed by atoms with Gasteiger partial charge in [0.25, 0.3) is 5.56 Å². The highest BCUT2D eigenvalue weighted by Crippen LogP contribution is 2.38. The highest BCUT2D eigenvalue weighted by molar-refractivity contribution is 7.59. The molecule has 1 saturated heterocycles. The second kappa shape index (κ2) is 9.05. The van der Waals surface area contributed by atoms with Crippen LogP contribution in [0.4, 0.5) is 5.82 Å². The van der Waals surface area contributed by atoms with Crippen molar-refractivity contribution in [2.24, 2.45) is 0 Å². The summed E-state index contributed by atoms with van der Waals surface area (Å²) in [6.45, 7) is 0.966. The Morgan fingerprint density at radius 3 is 2.91 bits per heavy atom. The van der Waals surface area contributed by atoms with Gasteiger partial charge in [-0.15, -0.1) is 0 Å². The quantitative estimate of drug-likeness (QED) is 0.398. The predicted octanol–water partition coefficient (Wildman–Crippen LogP) is 3.19. The fourth-order valence-electron chi connectivity index (χ4n) is 4.67. The SMILES string of the molecule is N#Cc1c[nH]c2ncnc(N3CCC[C@H]3c3nn4ccc(Cl)c4c(=O)n3Cc3ccccn3)c12.S. The van der Waals surface area contributed by atoms with Crippen molar-refractivity contribution in [1.82, 2.24) is 34.1 Å². The number of nitriles is 1. The average Bonchev–Trinajstić information content (AvgIpc) is 3.59. The van der Waals surface area contributed by atoms with E-state index in [2.05, 4.69) is 30.9 Å². The molecule has 1 aliphatic heterocycles. The smallest absolute Gasteiger partial charge is 0.279 e. The van der Waals surface area contributed by atoms with Crippen LogP contribution in [-0.4, -0.2) is 40.7 Å². The van der Waals surface area contributed by atoms with Crippen molar-refractivity contribution in [3.63, 3.8) is 0 Å². The Kier molecular flexibility index (Phi) is 5.92. The van der Waals surface area contributed by atoms with E-state index in [9.17, 15) is 10.1 Å². The van der Waals surface area contributed by atoms with E-state index in [4.69, 9.17) is 16.7 Å². The van der Waals surface area contributed by atoms with Gasteiger partial charge in [-0.25, -0.2) is 14.5 Å². The first-order valence-electron chi connectivity index (χ1n) is 10.8. The van der Waals surface area contributed by atoms with Gasteiger partial charge in [0.05, 0.1) is 34.3 Å². The first kappa shape index (κ1) is 22.9. The van der Waals surface area contributed by atoms with Gasteiger partial charge in [0, 0.05) is 25.1 Å². The lowest BCUT2D eigenvalue weighted by molar-refractivity contribution is 0.551. The Balaban J connectivity index is 0.00000253. The van der Waals surface area contributed by atoms with E-state index in [1.165, 1.54) is 10.8 Å². The van der Waals surface area contributed by atoms with E-state index in [0.717, 1.165) is 18.5 Å². The highest BCUT2D eigenvalue weighted by atomic mass is 35.5. The normalized spacial score (nSPS) is 15.4. The molecule has 35 heavy (non-hydrogen) atoms. The molecule has 6 rings (SSSR count). The molecular weight excluding hydrogens is 486 g/mol. The van der Waals surface area contributed by atoms with Crippen LogP contribution < -0.4 is 10.5 Å². The van der Waals surface area contributed by atoms with Gasteiger partial charge in [0.1, 0.15) is 29.4 Å². The highest BCUT2D eigenvalue weighted by Gasteiger charge is 2.34. The van der Waals surface area contributed by atoms with Crippen LogP contribution in [0.3, 0.4) is 0 Å². The van der Waals surface area contributed by atoms with Gasteiger partial charge in [-0.1, -0.05) is 17.7 Å². The molecule has 6 heterocycles. The summed E-state index contributed by atoms with van der Waals surface area (Å²) in [5.74, 6) is 1.24. The fraction of sp³-hybridized carbons (Fsp3) is 0.217. The second-order valence-electron chi connectivity index (χ2n) is 8.11. The number of nitrogens with one attached hydrogen (secondary N) is 1. The molecule has 1 fully saturated rings. The molecule has 0 unspecified atom stereocenters. The summed E-state index contributed by atoms with van der Waals surface area (Å²) in [5, 5.41) is 15.5. The molecule has 176 valence electrons. The van der Waals surface area contributed by atoms with E-state index in [-0.39, 0.29) is 31.6 Å². The van der Waals surface area contributed by atoms with E-state index in [1.54, 1.807) is 29.2 Å². The zero-order valence-corrected chi connectivity index (χ0v) is 20.1. The minimum Gasteiger partial charge on any atom is -0.346 e. The first-order valence-corrected chi connectivity index (χ1v) is 11.2. The van der Waals surface area contributed by atoms with E-state index in [1.807, 2.05) is 18.2 Å². The van der Waals surface area contributed by atoms with Gasteiger partial charge in [-0.3, -0.25) is 14.3 Å². The molecule has 0 saturated carbocycles. The molecular formula is C23H20ClN9OS. The third-order valence-electron chi connectivity index (χ3n) is 6.19. The lowest BCUT2D eigenvalue weighted by Crippen LogP contribution is -2.34. The Hall–Kier alpha value is -3.88. The maximum Gasteiger partial charge on any atom is 0.279 e. The zero-order chi connectivity index (χ0) is 23.2. The summed E-state index contributed by atoms with van der Waals surface area (Å²) in [6, 6.07) is 9.24. The molecule has 0 amide bonds. The van der Waals surface area contributed by atoms with Gasteiger partial charge < -0.3 is 9.88 Å². The van der Waals surface area contributed by atoms with Crippen molar-refractivity contribution in [1.29, 1.82) is 5.26 Å². The van der Waals surface area contributed by atoms with Crippen LogP contribution in [-0.2, 0) is 6.54 Å². The number of rotatable bonds is 4. The summed E-state index contributed by atoms with van der Waals surface area (Å²) < 4.78 is 3.19. The minimum absolute atomic E-state index is 0. The monoisotopic (exact) mass is 505 g/mol. The van der Waals surface area contributed by atoms with E-state index < -0.39 is 0 Å². The Morgan fingerprint density at radius 1 is 1.23 bits per heavy atom. The van der Waals surface area contributed by atoms with Gasteiger partial charge >= 0.3 is 0 Å². The van der Waals surface area contributed by atoms with Crippen molar-refractivity contribution in [3.05, 3.63) is 81.6 Å². The standard InChI is InChI=1S/C23H18ClN9O.H2S/c24-16-6-9-33-19(16)23(34)32(12-15-4-1-2-7-26-15)21(30-33)17-5-3-8-31(17)22-18-14(10-25)11-27-20(18)28-13-29-22;/h1-2,4,6-7,9,11,13,17H,3,5,8,12H2,(H,27,28,29);1H2/t17-;/m0./s1. The Morgan fingerprint density at radius 2 is 2.11 bits per heavy atom. The van der Waals surface area contributed by atoms with E-state index in [0.29, 0.717) is 45.3 Å².